The van der Waals surface area contributed by atoms with Crippen molar-refractivity contribution in [2.75, 3.05) is 78.9 Å². The van der Waals surface area contributed by atoms with E-state index < -0.39 is 0 Å². The highest BCUT2D eigenvalue weighted by molar-refractivity contribution is 6.07. The molecule has 7 heteroatoms. The van der Waals surface area contributed by atoms with E-state index in [0.29, 0.717) is 13.2 Å². The van der Waals surface area contributed by atoms with Crippen LogP contribution in [0.2, 0.25) is 0 Å². The Morgan fingerprint density at radius 3 is 1.58 bits per heavy atom. The summed E-state index contributed by atoms with van der Waals surface area (Å²) >= 11 is 0. The lowest BCUT2D eigenvalue weighted by Crippen LogP contribution is -2.38. The molecule has 0 unspecified atom stereocenters. The summed E-state index contributed by atoms with van der Waals surface area (Å²) in [4.78, 5) is 8.29. The normalized spacial score (nSPS) is 18.6. The molecular formula is C24H31N3O4. The molecule has 0 bridgehead atoms. The summed E-state index contributed by atoms with van der Waals surface area (Å²) in [5, 5.41) is 2.41. The third-order valence-corrected chi connectivity index (χ3v) is 6.10. The summed E-state index contributed by atoms with van der Waals surface area (Å²) in [5.41, 5.74) is 2.17. The average molecular weight is 426 g/mol. The Bertz CT molecular complexity index is 915. The molecule has 0 aliphatic carbocycles. The SMILES string of the molecule is c1cc2c(cc1OCCN1CCOCC1)[nH]c1cc(OCCN3CCOCC3)ccc12. The van der Waals surface area contributed by atoms with E-state index in [-0.39, 0.29) is 0 Å². The van der Waals surface area contributed by atoms with E-state index in [0.717, 1.165) is 88.2 Å². The Balaban J connectivity index is 1.20. The highest BCUT2D eigenvalue weighted by atomic mass is 16.5. The van der Waals surface area contributed by atoms with Gasteiger partial charge in [0.05, 0.1) is 37.5 Å². The molecule has 2 fully saturated rings. The van der Waals surface area contributed by atoms with E-state index in [1.54, 1.807) is 0 Å². The van der Waals surface area contributed by atoms with Crippen LogP contribution in [0.1, 0.15) is 0 Å². The number of rotatable bonds is 8. The molecule has 2 aromatic carbocycles. The number of fused-ring (bicyclic) bond motifs is 3. The summed E-state index contributed by atoms with van der Waals surface area (Å²) in [5.74, 6) is 1.80. The number of nitrogens with one attached hydrogen (secondary N) is 1. The molecule has 2 aliphatic rings. The lowest BCUT2D eigenvalue weighted by Gasteiger charge is -2.26. The molecule has 0 spiro atoms. The summed E-state index contributed by atoms with van der Waals surface area (Å²) in [6, 6.07) is 12.6. The van der Waals surface area contributed by atoms with Gasteiger partial charge in [0.15, 0.2) is 0 Å². The highest BCUT2D eigenvalue weighted by Crippen LogP contribution is 2.30. The second kappa shape index (κ2) is 9.87. The molecule has 166 valence electrons. The molecule has 31 heavy (non-hydrogen) atoms. The predicted octanol–water partition coefficient (Wildman–Crippen LogP) is 2.74. The van der Waals surface area contributed by atoms with Gasteiger partial charge in [0, 0.05) is 62.2 Å². The maximum absolute atomic E-state index is 6.01. The van der Waals surface area contributed by atoms with Crippen LogP contribution in [0.5, 0.6) is 11.5 Å². The first kappa shape index (κ1) is 20.6. The number of H-pyrrole nitrogens is 1. The molecule has 0 atom stereocenters. The third kappa shape index (κ3) is 5.13. The van der Waals surface area contributed by atoms with Crippen LogP contribution in [-0.2, 0) is 9.47 Å². The Labute approximate surface area is 182 Å². The van der Waals surface area contributed by atoms with Crippen molar-refractivity contribution >= 4 is 21.8 Å². The first-order valence-corrected chi connectivity index (χ1v) is 11.3. The van der Waals surface area contributed by atoms with Gasteiger partial charge in [0.25, 0.3) is 0 Å². The Morgan fingerprint density at radius 1 is 0.677 bits per heavy atom. The minimum Gasteiger partial charge on any atom is -0.492 e. The van der Waals surface area contributed by atoms with Crippen molar-refractivity contribution in [3.8, 4) is 11.5 Å². The number of aromatic nitrogens is 1. The van der Waals surface area contributed by atoms with E-state index in [4.69, 9.17) is 18.9 Å². The molecule has 5 rings (SSSR count). The fraction of sp³-hybridized carbons (Fsp3) is 0.500. The van der Waals surface area contributed by atoms with Gasteiger partial charge in [-0.25, -0.2) is 0 Å². The van der Waals surface area contributed by atoms with Crippen molar-refractivity contribution in [3.63, 3.8) is 0 Å². The van der Waals surface area contributed by atoms with Crippen LogP contribution in [0.25, 0.3) is 21.8 Å². The van der Waals surface area contributed by atoms with E-state index in [9.17, 15) is 0 Å². The van der Waals surface area contributed by atoms with E-state index in [1.807, 2.05) is 0 Å². The number of nitrogens with zero attached hydrogens (tertiary/aromatic N) is 2. The molecule has 3 aromatic rings. The van der Waals surface area contributed by atoms with Crippen molar-refractivity contribution < 1.29 is 18.9 Å². The van der Waals surface area contributed by atoms with E-state index in [2.05, 4.69) is 51.2 Å². The number of ether oxygens (including phenoxy) is 4. The number of benzene rings is 2. The number of hydrogen-bond acceptors (Lipinski definition) is 6. The third-order valence-electron chi connectivity index (χ3n) is 6.10. The van der Waals surface area contributed by atoms with E-state index >= 15 is 0 Å². The Hall–Kier alpha value is -2.32. The lowest BCUT2D eigenvalue weighted by atomic mass is 10.1. The first-order valence-electron chi connectivity index (χ1n) is 11.3. The van der Waals surface area contributed by atoms with Crippen molar-refractivity contribution in [3.05, 3.63) is 36.4 Å². The zero-order chi connectivity index (χ0) is 20.9. The lowest BCUT2D eigenvalue weighted by molar-refractivity contribution is 0.0322. The zero-order valence-corrected chi connectivity index (χ0v) is 18.0. The van der Waals surface area contributed by atoms with Crippen LogP contribution in [0.3, 0.4) is 0 Å². The summed E-state index contributed by atoms with van der Waals surface area (Å²) in [7, 11) is 0. The van der Waals surface area contributed by atoms with Gasteiger partial charge < -0.3 is 23.9 Å². The second-order valence-electron chi connectivity index (χ2n) is 8.14. The minimum atomic E-state index is 0.687. The highest BCUT2D eigenvalue weighted by Gasteiger charge is 2.12. The molecular weight excluding hydrogens is 394 g/mol. The Kier molecular flexibility index (Phi) is 6.55. The van der Waals surface area contributed by atoms with Gasteiger partial charge in [-0.3, -0.25) is 9.80 Å². The van der Waals surface area contributed by atoms with Gasteiger partial charge in [-0.2, -0.15) is 0 Å². The minimum absolute atomic E-state index is 0.687. The molecule has 0 radical (unpaired) electrons. The first-order chi connectivity index (χ1) is 15.3. The Morgan fingerprint density at radius 2 is 1.13 bits per heavy atom. The van der Waals surface area contributed by atoms with Crippen molar-refractivity contribution in [2.24, 2.45) is 0 Å². The molecule has 2 aliphatic heterocycles. The predicted molar refractivity (Wildman–Crippen MR) is 121 cm³/mol. The van der Waals surface area contributed by atoms with Crippen molar-refractivity contribution in [1.29, 1.82) is 0 Å². The maximum atomic E-state index is 6.01. The monoisotopic (exact) mass is 425 g/mol. The van der Waals surface area contributed by atoms with Gasteiger partial charge in [0.2, 0.25) is 0 Å². The van der Waals surface area contributed by atoms with Crippen LogP contribution < -0.4 is 9.47 Å². The van der Waals surface area contributed by atoms with Gasteiger partial charge in [0.1, 0.15) is 24.7 Å². The van der Waals surface area contributed by atoms with Crippen molar-refractivity contribution in [2.45, 2.75) is 0 Å². The molecule has 7 nitrogen and oxygen atoms in total. The molecule has 2 saturated heterocycles. The number of morpholine rings is 2. The quantitative estimate of drug-likeness (QED) is 0.599. The summed E-state index contributed by atoms with van der Waals surface area (Å²) in [6.45, 7) is 10.5. The van der Waals surface area contributed by atoms with Crippen LogP contribution in [0, 0.1) is 0 Å². The zero-order valence-electron chi connectivity index (χ0n) is 18.0. The van der Waals surface area contributed by atoms with Crippen LogP contribution in [0.15, 0.2) is 36.4 Å². The topological polar surface area (TPSA) is 59.2 Å². The van der Waals surface area contributed by atoms with Crippen LogP contribution in [-0.4, -0.2) is 93.7 Å². The van der Waals surface area contributed by atoms with Crippen LogP contribution >= 0.6 is 0 Å². The average Bonchev–Trinajstić information content (AvgIpc) is 3.17. The van der Waals surface area contributed by atoms with Gasteiger partial charge >= 0.3 is 0 Å². The standard InChI is InChI=1S/C24H31N3O4/c1-3-21-22-4-2-20(31-16-10-27-7-13-29-14-8-27)18-24(22)25-23(21)17-19(1)30-15-9-26-5-11-28-12-6-26/h1-4,17-18,25H,5-16H2. The number of hydrogen-bond donors (Lipinski definition) is 1. The molecule has 0 amide bonds. The van der Waals surface area contributed by atoms with Gasteiger partial charge in [-0.05, 0) is 24.3 Å². The maximum Gasteiger partial charge on any atom is 0.121 e. The largest absolute Gasteiger partial charge is 0.492 e. The molecule has 0 saturated carbocycles. The molecule has 3 heterocycles. The van der Waals surface area contributed by atoms with E-state index in [1.165, 1.54) is 10.8 Å². The fourth-order valence-corrected chi connectivity index (χ4v) is 4.28. The summed E-state index contributed by atoms with van der Waals surface area (Å²) in [6.07, 6.45) is 0. The smallest absolute Gasteiger partial charge is 0.121 e. The fourth-order valence-electron chi connectivity index (χ4n) is 4.28. The molecule has 1 N–H and O–H groups in total. The van der Waals surface area contributed by atoms with Crippen molar-refractivity contribution in [1.82, 2.24) is 14.8 Å². The number of aromatic amines is 1. The van der Waals surface area contributed by atoms with Crippen LogP contribution in [0.4, 0.5) is 0 Å². The summed E-state index contributed by atoms with van der Waals surface area (Å²) < 4.78 is 22.8. The van der Waals surface area contributed by atoms with Gasteiger partial charge in [-0.1, -0.05) is 0 Å². The molecule has 1 aromatic heterocycles. The second-order valence-corrected chi connectivity index (χ2v) is 8.14. The van der Waals surface area contributed by atoms with Gasteiger partial charge in [-0.15, -0.1) is 0 Å².